The van der Waals surface area contributed by atoms with Crippen molar-refractivity contribution in [2.24, 2.45) is 0 Å². The Balaban J connectivity index is 1.23. The van der Waals surface area contributed by atoms with Crippen molar-refractivity contribution in [2.45, 2.75) is 25.7 Å². The van der Waals surface area contributed by atoms with Crippen LogP contribution in [0.5, 0.6) is 0 Å². The monoisotopic (exact) mass is 446 g/mol. The average Bonchev–Trinajstić information content (AvgIpc) is 3.40. The highest BCUT2D eigenvalue weighted by atomic mass is 32.1. The second kappa shape index (κ2) is 8.74. The highest BCUT2D eigenvalue weighted by molar-refractivity contribution is 7.16. The van der Waals surface area contributed by atoms with Crippen molar-refractivity contribution in [1.82, 2.24) is 9.88 Å². The number of nitrogens with zero attached hydrogens (tertiary/aromatic N) is 3. The zero-order chi connectivity index (χ0) is 22.1. The second-order valence-corrected chi connectivity index (χ2v) is 9.47. The van der Waals surface area contributed by atoms with Crippen molar-refractivity contribution in [3.8, 4) is 0 Å². The molecule has 1 N–H and O–H groups in total. The SMILES string of the molecule is Cc1ccc(C(=O)Nc2nc3c(s2)CC[C@@H]3C(=O)N2CCN(c3ccccc3)CC2)cc1. The molecule has 7 heteroatoms. The van der Waals surface area contributed by atoms with E-state index in [1.165, 1.54) is 17.0 Å². The molecular formula is C25H26N4O2S. The van der Waals surface area contributed by atoms with Gasteiger partial charge in [0.05, 0.1) is 11.6 Å². The molecule has 1 aromatic heterocycles. The van der Waals surface area contributed by atoms with Crippen LogP contribution in [0.4, 0.5) is 10.8 Å². The summed E-state index contributed by atoms with van der Waals surface area (Å²) in [5, 5.41) is 3.48. The molecule has 2 aromatic carbocycles. The van der Waals surface area contributed by atoms with E-state index < -0.39 is 0 Å². The molecule has 0 radical (unpaired) electrons. The van der Waals surface area contributed by atoms with Crippen molar-refractivity contribution in [3.05, 3.63) is 76.3 Å². The van der Waals surface area contributed by atoms with E-state index in [2.05, 4.69) is 27.3 Å². The number of anilines is 2. The Morgan fingerprint density at radius 2 is 1.72 bits per heavy atom. The lowest BCUT2D eigenvalue weighted by atomic mass is 10.1. The Bertz CT molecular complexity index is 1120. The fraction of sp³-hybridized carbons (Fsp3) is 0.320. The fourth-order valence-corrected chi connectivity index (χ4v) is 5.47. The highest BCUT2D eigenvalue weighted by Crippen LogP contribution is 2.39. The number of thiazole rings is 1. The van der Waals surface area contributed by atoms with Gasteiger partial charge >= 0.3 is 0 Å². The number of hydrogen-bond acceptors (Lipinski definition) is 5. The molecule has 6 nitrogen and oxygen atoms in total. The van der Waals surface area contributed by atoms with E-state index in [0.717, 1.165) is 55.2 Å². The standard InChI is InChI=1S/C25H26N4O2S/c1-17-7-9-18(10-8-17)23(30)27-25-26-22-20(11-12-21(22)32-25)24(31)29-15-13-28(14-16-29)19-5-3-2-4-6-19/h2-10,20H,11-16H2,1H3,(H,26,27,30)/t20-/m0/s1. The Labute approximate surface area is 191 Å². The molecule has 1 aliphatic heterocycles. The van der Waals surface area contributed by atoms with Crippen LogP contribution in [0, 0.1) is 6.92 Å². The van der Waals surface area contributed by atoms with Gasteiger partial charge in [-0.15, -0.1) is 11.3 Å². The molecule has 2 amide bonds. The lowest BCUT2D eigenvalue weighted by molar-refractivity contribution is -0.133. The van der Waals surface area contributed by atoms with Gasteiger partial charge in [-0.3, -0.25) is 14.9 Å². The fourth-order valence-electron chi connectivity index (χ4n) is 4.44. The average molecular weight is 447 g/mol. The van der Waals surface area contributed by atoms with Gasteiger partial charge in [-0.25, -0.2) is 4.98 Å². The Kier molecular flexibility index (Phi) is 5.66. The molecule has 3 aromatic rings. The Morgan fingerprint density at radius 1 is 1.00 bits per heavy atom. The topological polar surface area (TPSA) is 65.5 Å². The first-order chi connectivity index (χ1) is 15.6. The first-order valence-corrected chi connectivity index (χ1v) is 11.9. The number of hydrogen-bond donors (Lipinski definition) is 1. The zero-order valence-corrected chi connectivity index (χ0v) is 18.9. The van der Waals surface area contributed by atoms with E-state index in [4.69, 9.17) is 0 Å². The van der Waals surface area contributed by atoms with Gasteiger partial charge in [0.2, 0.25) is 5.91 Å². The van der Waals surface area contributed by atoms with Crippen molar-refractivity contribution >= 4 is 34.0 Å². The first kappa shape index (κ1) is 20.7. The number of benzene rings is 2. The number of fused-ring (bicyclic) bond motifs is 1. The molecule has 5 rings (SSSR count). The number of carbonyl (C=O) groups excluding carboxylic acids is 2. The minimum absolute atomic E-state index is 0.165. The predicted molar refractivity (Wildman–Crippen MR) is 128 cm³/mol. The van der Waals surface area contributed by atoms with E-state index in [1.54, 1.807) is 0 Å². The van der Waals surface area contributed by atoms with Crippen LogP contribution in [0.15, 0.2) is 54.6 Å². The molecule has 2 heterocycles. The minimum Gasteiger partial charge on any atom is -0.368 e. The Morgan fingerprint density at radius 3 is 2.44 bits per heavy atom. The van der Waals surface area contributed by atoms with Crippen LogP contribution in [0.1, 0.15) is 38.8 Å². The summed E-state index contributed by atoms with van der Waals surface area (Å²) in [4.78, 5) is 35.9. The summed E-state index contributed by atoms with van der Waals surface area (Å²) in [6.45, 7) is 5.11. The van der Waals surface area contributed by atoms with Crippen molar-refractivity contribution in [1.29, 1.82) is 0 Å². The lowest BCUT2D eigenvalue weighted by Crippen LogP contribution is -2.50. The third-order valence-electron chi connectivity index (χ3n) is 6.26. The lowest BCUT2D eigenvalue weighted by Gasteiger charge is -2.37. The molecular weight excluding hydrogens is 420 g/mol. The molecule has 2 aliphatic rings. The number of aromatic nitrogens is 1. The van der Waals surface area contributed by atoms with Gasteiger partial charge in [0.25, 0.3) is 5.91 Å². The maximum Gasteiger partial charge on any atom is 0.257 e. The van der Waals surface area contributed by atoms with Gasteiger partial charge in [-0.2, -0.15) is 0 Å². The van der Waals surface area contributed by atoms with Gasteiger partial charge in [0, 0.05) is 42.3 Å². The number of rotatable bonds is 4. The number of piperazine rings is 1. The van der Waals surface area contributed by atoms with Crippen molar-refractivity contribution in [3.63, 3.8) is 0 Å². The summed E-state index contributed by atoms with van der Waals surface area (Å²) in [5.74, 6) is -0.204. The molecule has 1 aliphatic carbocycles. The molecule has 32 heavy (non-hydrogen) atoms. The molecule has 0 saturated carbocycles. The smallest absolute Gasteiger partial charge is 0.257 e. The number of para-hydroxylation sites is 1. The molecule has 164 valence electrons. The Hall–Kier alpha value is -3.19. The van der Waals surface area contributed by atoms with Gasteiger partial charge in [0.15, 0.2) is 5.13 Å². The second-order valence-electron chi connectivity index (χ2n) is 8.39. The van der Waals surface area contributed by atoms with Gasteiger partial charge < -0.3 is 9.80 Å². The first-order valence-electron chi connectivity index (χ1n) is 11.0. The van der Waals surface area contributed by atoms with Crippen LogP contribution in [0.25, 0.3) is 0 Å². The summed E-state index contributed by atoms with van der Waals surface area (Å²) in [6, 6.07) is 17.8. The number of carbonyl (C=O) groups is 2. The van der Waals surface area contributed by atoms with E-state index in [-0.39, 0.29) is 17.7 Å². The summed E-state index contributed by atoms with van der Waals surface area (Å²) in [6.07, 6.45) is 1.64. The zero-order valence-electron chi connectivity index (χ0n) is 18.1. The molecule has 0 spiro atoms. The maximum atomic E-state index is 13.3. The molecule has 1 atom stereocenters. The summed E-state index contributed by atoms with van der Waals surface area (Å²) in [7, 11) is 0. The van der Waals surface area contributed by atoms with Crippen LogP contribution in [0.3, 0.4) is 0 Å². The molecule has 0 bridgehead atoms. The van der Waals surface area contributed by atoms with Crippen LogP contribution in [0.2, 0.25) is 0 Å². The van der Waals surface area contributed by atoms with Crippen LogP contribution in [-0.2, 0) is 11.2 Å². The summed E-state index contributed by atoms with van der Waals surface area (Å²) in [5.41, 5.74) is 3.77. The quantitative estimate of drug-likeness (QED) is 0.656. The predicted octanol–water partition coefficient (Wildman–Crippen LogP) is 4.08. The van der Waals surface area contributed by atoms with Gasteiger partial charge in [0.1, 0.15) is 0 Å². The number of amides is 2. The molecule has 0 unspecified atom stereocenters. The van der Waals surface area contributed by atoms with Gasteiger partial charge in [-0.05, 0) is 44.0 Å². The van der Waals surface area contributed by atoms with E-state index in [1.807, 2.05) is 54.3 Å². The van der Waals surface area contributed by atoms with E-state index >= 15 is 0 Å². The maximum absolute atomic E-state index is 13.3. The van der Waals surface area contributed by atoms with Crippen LogP contribution >= 0.6 is 11.3 Å². The number of nitrogens with one attached hydrogen (secondary N) is 1. The number of aryl methyl sites for hydroxylation is 2. The van der Waals surface area contributed by atoms with E-state index in [9.17, 15) is 9.59 Å². The van der Waals surface area contributed by atoms with Crippen LogP contribution < -0.4 is 10.2 Å². The minimum atomic E-state index is -0.199. The van der Waals surface area contributed by atoms with Crippen LogP contribution in [-0.4, -0.2) is 47.9 Å². The summed E-state index contributed by atoms with van der Waals surface area (Å²) >= 11 is 1.49. The van der Waals surface area contributed by atoms with Gasteiger partial charge in [-0.1, -0.05) is 35.9 Å². The van der Waals surface area contributed by atoms with Crippen molar-refractivity contribution in [2.75, 3.05) is 36.4 Å². The highest BCUT2D eigenvalue weighted by Gasteiger charge is 2.36. The third kappa shape index (κ3) is 4.12. The van der Waals surface area contributed by atoms with Crippen molar-refractivity contribution < 1.29 is 9.59 Å². The summed E-state index contributed by atoms with van der Waals surface area (Å²) < 4.78 is 0. The third-order valence-corrected chi connectivity index (χ3v) is 7.31. The largest absolute Gasteiger partial charge is 0.368 e. The molecule has 1 fully saturated rings. The normalized spacial score (nSPS) is 17.8. The molecule has 1 saturated heterocycles. The van der Waals surface area contributed by atoms with E-state index in [0.29, 0.717) is 10.7 Å².